The molecule has 0 amide bonds. The molecule has 0 unspecified atom stereocenters. The van der Waals surface area contributed by atoms with Crippen LogP contribution >= 0.6 is 10.7 Å². The van der Waals surface area contributed by atoms with Gasteiger partial charge in [-0.1, -0.05) is 0 Å². The Bertz CT molecular complexity index is 208. The average molecular weight is 215 g/mol. The predicted molar refractivity (Wildman–Crippen MR) is 31.6 cm³/mol. The third-order valence-corrected chi connectivity index (χ3v) is 0. The van der Waals surface area contributed by atoms with Crippen molar-refractivity contribution in [1.82, 2.24) is 0 Å². The second-order valence-electron chi connectivity index (χ2n) is 0.860. The van der Waals surface area contributed by atoms with E-state index in [0.29, 0.717) is 0 Å². The van der Waals surface area contributed by atoms with E-state index in [9.17, 15) is 0 Å². The van der Waals surface area contributed by atoms with Crippen molar-refractivity contribution in [3.8, 4) is 0 Å². The van der Waals surface area contributed by atoms with Crippen molar-refractivity contribution < 1.29 is 30.5 Å². The molecule has 3 N–H and O–H groups in total. The van der Waals surface area contributed by atoms with Gasteiger partial charge in [-0.3, -0.25) is 13.7 Å². The summed E-state index contributed by atoms with van der Waals surface area (Å²) < 4.78 is 56.7. The average Bonchev–Trinajstić information content (AvgIpc) is 1.12. The van der Waals surface area contributed by atoms with Gasteiger partial charge in [0.1, 0.15) is 0 Å². The van der Waals surface area contributed by atoms with Crippen LogP contribution in [0.2, 0.25) is 0 Å². The van der Waals surface area contributed by atoms with Crippen LogP contribution in [-0.2, 0) is 19.7 Å². The maximum atomic E-state index is 8.95. The monoisotopic (exact) mass is 214 g/mol. The maximum Gasteiger partial charge on any atom is 0.394 e. The molecule has 0 aliphatic heterocycles. The molecule has 0 saturated heterocycles. The van der Waals surface area contributed by atoms with E-state index in [1.54, 1.807) is 0 Å². The molecule has 0 atom stereocenters. The summed E-state index contributed by atoms with van der Waals surface area (Å²) in [4.78, 5) is 0. The van der Waals surface area contributed by atoms with E-state index in [0.717, 1.165) is 0 Å². The molecule has 0 aromatic heterocycles. The molecule has 0 aliphatic rings. The smallest absolute Gasteiger partial charge is 0.273 e. The van der Waals surface area contributed by atoms with Gasteiger partial charge in [0.25, 0.3) is 0 Å². The molecule has 0 spiro atoms. The van der Waals surface area contributed by atoms with Crippen molar-refractivity contribution in [2.45, 2.75) is 0 Å². The zero-order valence-electron chi connectivity index (χ0n) is 4.17. The topological polar surface area (TPSA) is 129 Å². The van der Waals surface area contributed by atoms with Gasteiger partial charge >= 0.3 is 19.7 Å². The lowest BCUT2D eigenvalue weighted by Gasteiger charge is -1.68. The van der Waals surface area contributed by atoms with Crippen LogP contribution in [0.1, 0.15) is 0 Å². The van der Waals surface area contributed by atoms with Crippen molar-refractivity contribution in [3.05, 3.63) is 0 Å². The van der Waals surface area contributed by atoms with Crippen LogP contribution in [0.15, 0.2) is 0 Å². The Kier molecular flexibility index (Phi) is 5.16. The van der Waals surface area contributed by atoms with Crippen LogP contribution in [0.25, 0.3) is 0 Å². The first-order valence-electron chi connectivity index (χ1n) is 1.37. The number of hydrogen-bond acceptors (Lipinski definition) is 4. The third-order valence-electron chi connectivity index (χ3n) is 0. The van der Waals surface area contributed by atoms with Crippen molar-refractivity contribution in [3.63, 3.8) is 0 Å². The second kappa shape index (κ2) is 4.05. The Labute approximate surface area is 61.4 Å². The minimum Gasteiger partial charge on any atom is -0.273 e. The van der Waals surface area contributed by atoms with E-state index >= 15 is 0 Å². The molecule has 0 aliphatic carbocycles. The fourth-order valence-corrected chi connectivity index (χ4v) is 0. The van der Waals surface area contributed by atoms with Crippen LogP contribution < -0.4 is 0 Å². The highest BCUT2D eigenvalue weighted by molar-refractivity contribution is 8.09. The fraction of sp³-hybridized carbons (Fsp3) is 0. The minimum absolute atomic E-state index is 4.06. The van der Waals surface area contributed by atoms with Crippen molar-refractivity contribution in [1.29, 1.82) is 0 Å². The molecule has 0 aromatic carbocycles. The number of halogens is 1. The zero-order chi connectivity index (χ0) is 9.00. The standard InChI is InChI=1S/ClHO3S.H2O4S/c2*1-5(2,3)4/h(H,2,3,4);(H2,1,2,3,4). The molecular formula is H3ClO7S2. The van der Waals surface area contributed by atoms with Crippen LogP contribution in [0.5, 0.6) is 0 Å². The Hall–Kier alpha value is 0.0700. The SMILES string of the molecule is O=S(=O)(O)Cl.O=S(=O)(O)O. The van der Waals surface area contributed by atoms with Gasteiger partial charge in [0, 0.05) is 10.7 Å². The molecule has 0 heterocycles. The predicted octanol–water partition coefficient (Wildman–Crippen LogP) is -0.625. The number of rotatable bonds is 0. The highest BCUT2D eigenvalue weighted by Crippen LogP contribution is 1.82. The number of hydrogen-bond donors (Lipinski definition) is 3. The molecule has 10 heavy (non-hydrogen) atoms. The summed E-state index contributed by atoms with van der Waals surface area (Å²) in [5.74, 6) is 0. The maximum absolute atomic E-state index is 8.95. The third kappa shape index (κ3) is 82300. The second-order valence-corrected chi connectivity index (χ2v) is 3.75. The van der Waals surface area contributed by atoms with Crippen LogP contribution in [0.4, 0.5) is 0 Å². The first-order valence-corrected chi connectivity index (χ1v) is 5.03. The van der Waals surface area contributed by atoms with Gasteiger partial charge in [-0.2, -0.15) is 16.8 Å². The van der Waals surface area contributed by atoms with Gasteiger partial charge in [0.2, 0.25) is 0 Å². The Morgan fingerprint density at radius 3 is 0.900 bits per heavy atom. The lowest BCUT2D eigenvalue weighted by Crippen LogP contribution is -1.89. The molecular weight excluding hydrogens is 212 g/mol. The van der Waals surface area contributed by atoms with E-state index in [1.165, 1.54) is 0 Å². The van der Waals surface area contributed by atoms with Gasteiger partial charge in [0.05, 0.1) is 0 Å². The molecule has 0 bridgehead atoms. The summed E-state index contributed by atoms with van der Waals surface area (Å²) in [5, 5.41) is 0. The summed E-state index contributed by atoms with van der Waals surface area (Å²) >= 11 is 0. The summed E-state index contributed by atoms with van der Waals surface area (Å²) in [5.41, 5.74) is 0. The van der Waals surface area contributed by atoms with Gasteiger partial charge in [-0.15, -0.1) is 0 Å². The van der Waals surface area contributed by atoms with E-state index in [-0.39, 0.29) is 0 Å². The zero-order valence-corrected chi connectivity index (χ0v) is 6.56. The first-order chi connectivity index (χ1) is 4.00. The van der Waals surface area contributed by atoms with Gasteiger partial charge in [-0.05, 0) is 0 Å². The van der Waals surface area contributed by atoms with Crippen molar-refractivity contribution in [2.24, 2.45) is 0 Å². The molecule has 0 rings (SSSR count). The summed E-state index contributed by atoms with van der Waals surface area (Å²) in [6, 6.07) is 0. The molecule has 10 heteroatoms. The first kappa shape index (κ1) is 12.7. The Morgan fingerprint density at radius 2 is 0.900 bits per heavy atom. The fourth-order valence-electron chi connectivity index (χ4n) is 0. The van der Waals surface area contributed by atoms with Crippen molar-refractivity contribution >= 4 is 30.4 Å². The quantitative estimate of drug-likeness (QED) is 0.362. The summed E-state index contributed by atoms with van der Waals surface area (Å²) in [6.45, 7) is 0. The molecule has 7 nitrogen and oxygen atoms in total. The molecule has 0 fully saturated rings. The largest absolute Gasteiger partial charge is 0.394 e. The highest BCUT2D eigenvalue weighted by Gasteiger charge is 1.86. The lowest BCUT2D eigenvalue weighted by molar-refractivity contribution is 0.381. The molecule has 0 radical (unpaired) electrons. The van der Waals surface area contributed by atoms with E-state index in [1.807, 2.05) is 0 Å². The Morgan fingerprint density at radius 1 is 0.900 bits per heavy atom. The Balaban J connectivity index is 0. The molecule has 64 valence electrons. The van der Waals surface area contributed by atoms with Gasteiger partial charge in [-0.25, -0.2) is 0 Å². The van der Waals surface area contributed by atoms with E-state index in [4.69, 9.17) is 30.5 Å². The van der Waals surface area contributed by atoms with E-state index < -0.39 is 19.7 Å². The van der Waals surface area contributed by atoms with Gasteiger partial charge < -0.3 is 0 Å². The normalized spacial score (nSPS) is 11.6. The van der Waals surface area contributed by atoms with E-state index in [2.05, 4.69) is 10.7 Å². The lowest BCUT2D eigenvalue weighted by atomic mass is 15.8. The highest BCUT2D eigenvalue weighted by atomic mass is 35.7. The van der Waals surface area contributed by atoms with Crippen LogP contribution in [0.3, 0.4) is 0 Å². The van der Waals surface area contributed by atoms with Gasteiger partial charge in [0.15, 0.2) is 0 Å². The molecule has 0 aromatic rings. The minimum atomic E-state index is -4.67. The van der Waals surface area contributed by atoms with Crippen LogP contribution in [0, 0.1) is 0 Å². The summed E-state index contributed by atoms with van der Waals surface area (Å²) in [7, 11) is -4.80. The van der Waals surface area contributed by atoms with Crippen molar-refractivity contribution in [2.75, 3.05) is 0 Å². The summed E-state index contributed by atoms with van der Waals surface area (Å²) in [6.07, 6.45) is 0. The van der Waals surface area contributed by atoms with Crippen LogP contribution in [-0.4, -0.2) is 30.5 Å². The molecule has 0 saturated carbocycles.